The molecular formula is C14H20ClFO2. The van der Waals surface area contributed by atoms with Crippen LogP contribution >= 0.6 is 11.6 Å². The number of methoxy groups -OCH3 is 2. The lowest BCUT2D eigenvalue weighted by Gasteiger charge is -2.17. The first-order valence-electron chi connectivity index (χ1n) is 6.08. The van der Waals surface area contributed by atoms with Crippen LogP contribution in [0.1, 0.15) is 37.6 Å². The molecule has 4 heteroatoms. The molecule has 0 amide bonds. The summed E-state index contributed by atoms with van der Waals surface area (Å²) < 4.78 is 24.1. The van der Waals surface area contributed by atoms with Crippen LogP contribution in [0.5, 0.6) is 11.5 Å². The van der Waals surface area contributed by atoms with Crippen molar-refractivity contribution in [2.24, 2.45) is 5.92 Å². The van der Waals surface area contributed by atoms with Gasteiger partial charge in [-0.15, -0.1) is 11.6 Å². The van der Waals surface area contributed by atoms with Crippen LogP contribution in [0.25, 0.3) is 0 Å². The van der Waals surface area contributed by atoms with Gasteiger partial charge in [-0.1, -0.05) is 20.3 Å². The normalized spacial score (nSPS) is 14.1. The number of ether oxygens (including phenoxy) is 2. The number of halogens is 2. The Bertz CT molecular complexity index is 396. The van der Waals surface area contributed by atoms with Gasteiger partial charge in [-0.3, -0.25) is 0 Å². The third-order valence-electron chi connectivity index (χ3n) is 3.15. The topological polar surface area (TPSA) is 18.5 Å². The zero-order valence-electron chi connectivity index (χ0n) is 11.3. The highest BCUT2D eigenvalue weighted by atomic mass is 35.5. The first-order chi connectivity index (χ1) is 8.53. The first kappa shape index (κ1) is 15.1. The molecule has 2 nitrogen and oxygen atoms in total. The Kier molecular flexibility index (Phi) is 5.73. The minimum Gasteiger partial charge on any atom is -0.493 e. The number of benzene rings is 1. The van der Waals surface area contributed by atoms with E-state index in [0.717, 1.165) is 12.8 Å². The van der Waals surface area contributed by atoms with Gasteiger partial charge in [0.2, 0.25) is 0 Å². The predicted octanol–water partition coefficient (Wildman–Crippen LogP) is 4.56. The molecule has 0 aromatic heterocycles. The van der Waals surface area contributed by atoms with Crippen molar-refractivity contribution in [1.29, 1.82) is 0 Å². The molecule has 0 aliphatic heterocycles. The van der Waals surface area contributed by atoms with Crippen LogP contribution in [0.4, 0.5) is 4.39 Å². The summed E-state index contributed by atoms with van der Waals surface area (Å²) in [7, 11) is 3.01. The second kappa shape index (κ2) is 6.83. The van der Waals surface area contributed by atoms with Crippen molar-refractivity contribution >= 4 is 11.6 Å². The Hall–Kier alpha value is -0.960. The molecule has 0 saturated heterocycles. The van der Waals surface area contributed by atoms with Gasteiger partial charge in [-0.2, -0.15) is 0 Å². The molecule has 0 bridgehead atoms. The summed E-state index contributed by atoms with van der Waals surface area (Å²) in [5.74, 6) is 0.991. The standard InChI is InChI=1S/C14H20ClFO2/c1-5-9(2)6-11(15)10-7-13(17-3)14(18-4)8-12(10)16/h7-9,11H,5-6H2,1-4H3. The molecule has 2 atom stereocenters. The van der Waals surface area contributed by atoms with E-state index in [1.54, 1.807) is 6.07 Å². The first-order valence-corrected chi connectivity index (χ1v) is 6.52. The second-order valence-electron chi connectivity index (χ2n) is 4.45. The van der Waals surface area contributed by atoms with Crippen molar-refractivity contribution in [2.75, 3.05) is 14.2 Å². The minimum atomic E-state index is -0.351. The summed E-state index contributed by atoms with van der Waals surface area (Å²) in [6, 6.07) is 2.94. The molecule has 0 aliphatic rings. The molecule has 0 heterocycles. The summed E-state index contributed by atoms with van der Waals surface area (Å²) >= 11 is 6.27. The lowest BCUT2D eigenvalue weighted by atomic mass is 9.98. The van der Waals surface area contributed by atoms with Crippen molar-refractivity contribution in [3.8, 4) is 11.5 Å². The van der Waals surface area contributed by atoms with E-state index in [2.05, 4.69) is 13.8 Å². The molecule has 0 radical (unpaired) electrons. The van der Waals surface area contributed by atoms with Gasteiger partial charge in [0.05, 0.1) is 19.6 Å². The Morgan fingerprint density at radius 3 is 2.28 bits per heavy atom. The Morgan fingerprint density at radius 1 is 1.22 bits per heavy atom. The molecule has 102 valence electrons. The zero-order valence-corrected chi connectivity index (χ0v) is 12.1. The molecule has 1 rings (SSSR count). The monoisotopic (exact) mass is 274 g/mol. The minimum absolute atomic E-state index is 0.347. The van der Waals surface area contributed by atoms with Crippen LogP contribution in [-0.4, -0.2) is 14.2 Å². The molecule has 0 spiro atoms. The van der Waals surface area contributed by atoms with Crippen LogP contribution in [0, 0.1) is 11.7 Å². The second-order valence-corrected chi connectivity index (χ2v) is 4.97. The van der Waals surface area contributed by atoms with Crippen LogP contribution in [0.15, 0.2) is 12.1 Å². The molecule has 0 N–H and O–H groups in total. The predicted molar refractivity (Wildman–Crippen MR) is 72.2 cm³/mol. The van der Waals surface area contributed by atoms with Gasteiger partial charge in [0, 0.05) is 11.6 Å². The van der Waals surface area contributed by atoms with Crippen molar-refractivity contribution in [1.82, 2.24) is 0 Å². The highest BCUT2D eigenvalue weighted by Gasteiger charge is 2.19. The smallest absolute Gasteiger partial charge is 0.163 e. The molecule has 0 aliphatic carbocycles. The summed E-state index contributed by atoms with van der Waals surface area (Å²) in [5, 5.41) is -0.347. The van der Waals surface area contributed by atoms with Crippen LogP contribution in [0.2, 0.25) is 0 Å². The maximum absolute atomic E-state index is 13.9. The van der Waals surface area contributed by atoms with Gasteiger partial charge in [-0.25, -0.2) is 4.39 Å². The zero-order chi connectivity index (χ0) is 13.7. The van der Waals surface area contributed by atoms with Gasteiger partial charge in [0.25, 0.3) is 0 Å². The van der Waals surface area contributed by atoms with E-state index in [9.17, 15) is 4.39 Å². The molecule has 0 fully saturated rings. The van der Waals surface area contributed by atoms with Crippen molar-refractivity contribution in [2.45, 2.75) is 32.1 Å². The van der Waals surface area contributed by atoms with Crippen molar-refractivity contribution in [3.63, 3.8) is 0 Å². The van der Waals surface area contributed by atoms with Crippen LogP contribution in [-0.2, 0) is 0 Å². The third-order valence-corrected chi connectivity index (χ3v) is 3.56. The Labute approximate surface area is 113 Å². The van der Waals surface area contributed by atoms with E-state index in [0.29, 0.717) is 23.0 Å². The molecule has 18 heavy (non-hydrogen) atoms. The molecule has 1 aromatic carbocycles. The van der Waals surface area contributed by atoms with Crippen molar-refractivity contribution in [3.05, 3.63) is 23.5 Å². The summed E-state index contributed by atoms with van der Waals surface area (Å²) in [5.41, 5.74) is 0.467. The SMILES string of the molecule is CCC(C)CC(Cl)c1cc(OC)c(OC)cc1F. The summed E-state index contributed by atoms with van der Waals surface area (Å²) in [4.78, 5) is 0. The maximum atomic E-state index is 13.9. The number of rotatable bonds is 6. The van der Waals surface area contributed by atoms with Gasteiger partial charge in [-0.05, 0) is 18.4 Å². The quantitative estimate of drug-likeness (QED) is 0.708. The average molecular weight is 275 g/mol. The summed E-state index contributed by atoms with van der Waals surface area (Å²) in [6.07, 6.45) is 1.77. The summed E-state index contributed by atoms with van der Waals surface area (Å²) in [6.45, 7) is 4.20. The van der Waals surface area contributed by atoms with E-state index >= 15 is 0 Å². The van der Waals surface area contributed by atoms with E-state index in [1.165, 1.54) is 20.3 Å². The molecular weight excluding hydrogens is 255 g/mol. The highest BCUT2D eigenvalue weighted by Crippen LogP contribution is 2.37. The lowest BCUT2D eigenvalue weighted by Crippen LogP contribution is -2.03. The van der Waals surface area contributed by atoms with E-state index < -0.39 is 0 Å². The third kappa shape index (κ3) is 3.52. The fraction of sp³-hybridized carbons (Fsp3) is 0.571. The number of alkyl halides is 1. The van der Waals surface area contributed by atoms with Crippen LogP contribution in [0.3, 0.4) is 0 Å². The average Bonchev–Trinajstić information content (AvgIpc) is 2.37. The fourth-order valence-corrected chi connectivity index (χ4v) is 2.23. The Balaban J connectivity index is 3.01. The molecule has 1 aromatic rings. The van der Waals surface area contributed by atoms with E-state index in [1.807, 2.05) is 0 Å². The van der Waals surface area contributed by atoms with Gasteiger partial charge in [0.1, 0.15) is 5.82 Å². The van der Waals surface area contributed by atoms with Gasteiger partial charge in [0.15, 0.2) is 11.5 Å². The van der Waals surface area contributed by atoms with E-state index in [-0.39, 0.29) is 11.2 Å². The Morgan fingerprint density at radius 2 is 1.78 bits per heavy atom. The molecule has 2 unspecified atom stereocenters. The van der Waals surface area contributed by atoms with Gasteiger partial charge < -0.3 is 9.47 Å². The largest absolute Gasteiger partial charge is 0.493 e. The van der Waals surface area contributed by atoms with Crippen molar-refractivity contribution < 1.29 is 13.9 Å². The van der Waals surface area contributed by atoms with E-state index in [4.69, 9.17) is 21.1 Å². The number of hydrogen-bond donors (Lipinski definition) is 0. The highest BCUT2D eigenvalue weighted by molar-refractivity contribution is 6.20. The van der Waals surface area contributed by atoms with Crippen LogP contribution < -0.4 is 9.47 Å². The lowest BCUT2D eigenvalue weighted by molar-refractivity contribution is 0.351. The van der Waals surface area contributed by atoms with Gasteiger partial charge >= 0.3 is 0 Å². The maximum Gasteiger partial charge on any atom is 0.163 e. The fourth-order valence-electron chi connectivity index (χ4n) is 1.76. The molecule has 0 saturated carbocycles. The number of hydrogen-bond acceptors (Lipinski definition) is 2.